The van der Waals surface area contributed by atoms with Gasteiger partial charge >= 0.3 is 0 Å². The summed E-state index contributed by atoms with van der Waals surface area (Å²) in [7, 11) is 0. The molecule has 7 heteroatoms. The number of nitrogens with one attached hydrogen (secondary N) is 4. The van der Waals surface area contributed by atoms with Crippen molar-refractivity contribution < 1.29 is 9.59 Å². The van der Waals surface area contributed by atoms with Crippen molar-refractivity contribution >= 4 is 22.7 Å². The van der Waals surface area contributed by atoms with Gasteiger partial charge in [-0.3, -0.25) is 14.6 Å². The summed E-state index contributed by atoms with van der Waals surface area (Å²) < 4.78 is 0. The van der Waals surface area contributed by atoms with Gasteiger partial charge < -0.3 is 20.9 Å². The summed E-state index contributed by atoms with van der Waals surface area (Å²) >= 11 is 0. The van der Waals surface area contributed by atoms with Crippen LogP contribution in [0, 0.1) is 5.92 Å². The van der Waals surface area contributed by atoms with Crippen LogP contribution in [0.3, 0.4) is 0 Å². The number of pyridine rings is 1. The Labute approximate surface area is 175 Å². The zero-order chi connectivity index (χ0) is 20.9. The van der Waals surface area contributed by atoms with Crippen molar-refractivity contribution in [3.63, 3.8) is 0 Å². The SMILES string of the molecule is C[C@H](NC(=O)[C@H]1C[C@H](Cc2ccccc2)CN1)C(=O)NCc1cc2cnccc2[nH]1. The molecule has 1 aromatic carbocycles. The summed E-state index contributed by atoms with van der Waals surface area (Å²) in [4.78, 5) is 32.3. The predicted molar refractivity (Wildman–Crippen MR) is 116 cm³/mol. The molecular weight excluding hydrogens is 378 g/mol. The lowest BCUT2D eigenvalue weighted by atomic mass is 9.96. The lowest BCUT2D eigenvalue weighted by Gasteiger charge is -2.17. The molecule has 2 amide bonds. The topological polar surface area (TPSA) is 98.9 Å². The Bertz CT molecular complexity index is 984. The Kier molecular flexibility index (Phi) is 6.09. The number of hydrogen-bond acceptors (Lipinski definition) is 4. The van der Waals surface area contributed by atoms with Gasteiger partial charge in [-0.1, -0.05) is 30.3 Å². The second kappa shape index (κ2) is 9.09. The number of carbonyl (C=O) groups excluding carboxylic acids is 2. The van der Waals surface area contributed by atoms with Gasteiger partial charge in [-0.25, -0.2) is 0 Å². The van der Waals surface area contributed by atoms with Crippen LogP contribution in [0.5, 0.6) is 0 Å². The lowest BCUT2D eigenvalue weighted by molar-refractivity contribution is -0.129. The maximum absolute atomic E-state index is 12.6. The lowest BCUT2D eigenvalue weighted by Crippen LogP contribution is -2.49. The molecule has 0 unspecified atom stereocenters. The van der Waals surface area contributed by atoms with Crippen molar-refractivity contribution in [2.75, 3.05) is 6.54 Å². The molecule has 3 atom stereocenters. The molecule has 7 nitrogen and oxygen atoms in total. The predicted octanol–water partition coefficient (Wildman–Crippen LogP) is 1.90. The van der Waals surface area contributed by atoms with E-state index in [2.05, 4.69) is 38.1 Å². The summed E-state index contributed by atoms with van der Waals surface area (Å²) in [6, 6.07) is 13.3. The molecule has 2 aromatic heterocycles. The molecule has 0 radical (unpaired) electrons. The second-order valence-electron chi connectivity index (χ2n) is 7.96. The molecule has 4 rings (SSSR count). The first-order valence-electron chi connectivity index (χ1n) is 10.4. The largest absolute Gasteiger partial charge is 0.357 e. The van der Waals surface area contributed by atoms with Crippen LogP contribution in [0.25, 0.3) is 10.9 Å². The minimum absolute atomic E-state index is 0.120. The van der Waals surface area contributed by atoms with Gasteiger partial charge in [-0.15, -0.1) is 0 Å². The number of nitrogens with zero attached hydrogens (tertiary/aromatic N) is 1. The molecule has 1 saturated heterocycles. The summed E-state index contributed by atoms with van der Waals surface area (Å²) in [5, 5.41) is 10.00. The normalized spacial score (nSPS) is 19.5. The van der Waals surface area contributed by atoms with Gasteiger partial charge in [0.1, 0.15) is 6.04 Å². The number of fused-ring (bicyclic) bond motifs is 1. The standard InChI is InChI=1S/C23H27N5O2/c1-15(22(29)26-14-19-11-18-13-24-8-7-20(18)28-19)27-23(30)21-10-17(12-25-21)9-16-5-3-2-4-6-16/h2-8,11,13,15,17,21,25,28H,9-10,12,14H2,1H3,(H,26,29)(H,27,30)/t15-,17-,21+/m0/s1. The third-order valence-corrected chi connectivity index (χ3v) is 5.59. The highest BCUT2D eigenvalue weighted by Gasteiger charge is 2.30. The average molecular weight is 406 g/mol. The van der Waals surface area contributed by atoms with Crippen molar-refractivity contribution in [1.82, 2.24) is 25.9 Å². The molecule has 1 aliphatic heterocycles. The molecule has 0 saturated carbocycles. The first-order valence-corrected chi connectivity index (χ1v) is 10.4. The highest BCUT2D eigenvalue weighted by Crippen LogP contribution is 2.19. The summed E-state index contributed by atoms with van der Waals surface area (Å²) in [5.74, 6) is 0.0904. The summed E-state index contributed by atoms with van der Waals surface area (Å²) in [5.41, 5.74) is 3.16. The zero-order valence-corrected chi connectivity index (χ0v) is 17.0. The quantitative estimate of drug-likeness (QED) is 0.483. The first kappa shape index (κ1) is 20.1. The van der Waals surface area contributed by atoms with Crippen molar-refractivity contribution in [2.24, 2.45) is 5.92 Å². The second-order valence-corrected chi connectivity index (χ2v) is 7.96. The smallest absolute Gasteiger partial charge is 0.242 e. The number of aromatic amines is 1. The van der Waals surface area contributed by atoms with Crippen LogP contribution < -0.4 is 16.0 Å². The molecule has 1 fully saturated rings. The van der Waals surface area contributed by atoms with E-state index in [-0.39, 0.29) is 17.9 Å². The van der Waals surface area contributed by atoms with Gasteiger partial charge in [0.25, 0.3) is 0 Å². The number of hydrogen-bond donors (Lipinski definition) is 4. The number of amides is 2. The molecule has 1 aliphatic rings. The van der Waals surface area contributed by atoms with Crippen LogP contribution >= 0.6 is 0 Å². The van der Waals surface area contributed by atoms with E-state index in [9.17, 15) is 9.59 Å². The van der Waals surface area contributed by atoms with E-state index in [4.69, 9.17) is 0 Å². The van der Waals surface area contributed by atoms with E-state index < -0.39 is 6.04 Å². The van der Waals surface area contributed by atoms with Crippen LogP contribution in [-0.2, 0) is 22.6 Å². The number of benzene rings is 1. The summed E-state index contributed by atoms with van der Waals surface area (Å²) in [6.45, 7) is 2.89. The van der Waals surface area contributed by atoms with E-state index >= 15 is 0 Å². The fourth-order valence-corrected chi connectivity index (χ4v) is 3.95. The van der Waals surface area contributed by atoms with Gasteiger partial charge in [0.2, 0.25) is 11.8 Å². The third-order valence-electron chi connectivity index (χ3n) is 5.59. The maximum atomic E-state index is 12.6. The van der Waals surface area contributed by atoms with E-state index in [1.807, 2.05) is 30.3 Å². The molecule has 0 spiro atoms. The molecule has 0 bridgehead atoms. The Morgan fingerprint density at radius 1 is 1.23 bits per heavy atom. The zero-order valence-electron chi connectivity index (χ0n) is 17.0. The van der Waals surface area contributed by atoms with Crippen molar-refractivity contribution in [2.45, 2.75) is 38.4 Å². The Balaban J connectivity index is 1.23. The van der Waals surface area contributed by atoms with Gasteiger partial charge in [0.05, 0.1) is 12.6 Å². The van der Waals surface area contributed by atoms with E-state index in [0.717, 1.165) is 36.0 Å². The van der Waals surface area contributed by atoms with E-state index in [1.165, 1.54) is 5.56 Å². The van der Waals surface area contributed by atoms with Crippen molar-refractivity contribution in [1.29, 1.82) is 0 Å². The molecule has 3 heterocycles. The number of aromatic nitrogens is 2. The maximum Gasteiger partial charge on any atom is 0.242 e. The van der Waals surface area contributed by atoms with Crippen LogP contribution in [0.1, 0.15) is 24.6 Å². The Morgan fingerprint density at radius 2 is 2.07 bits per heavy atom. The minimum Gasteiger partial charge on any atom is -0.357 e. The van der Waals surface area contributed by atoms with Gasteiger partial charge in [0, 0.05) is 29.0 Å². The van der Waals surface area contributed by atoms with Gasteiger partial charge in [-0.2, -0.15) is 0 Å². The first-order chi connectivity index (χ1) is 14.6. The van der Waals surface area contributed by atoms with Crippen LogP contribution in [0.4, 0.5) is 0 Å². The number of rotatable bonds is 7. The molecule has 3 aromatic rings. The number of carbonyl (C=O) groups is 2. The molecule has 0 aliphatic carbocycles. The molecular formula is C23H27N5O2. The van der Waals surface area contributed by atoms with Crippen LogP contribution in [0.2, 0.25) is 0 Å². The number of H-pyrrole nitrogens is 1. The van der Waals surface area contributed by atoms with Gasteiger partial charge in [-0.05, 0) is 49.9 Å². The monoisotopic (exact) mass is 405 g/mol. The van der Waals surface area contributed by atoms with Crippen LogP contribution in [0.15, 0.2) is 54.9 Å². The Hall–Kier alpha value is -3.19. The minimum atomic E-state index is -0.599. The highest BCUT2D eigenvalue weighted by molar-refractivity contribution is 5.89. The molecule has 4 N–H and O–H groups in total. The fraction of sp³-hybridized carbons (Fsp3) is 0.348. The Morgan fingerprint density at radius 3 is 2.87 bits per heavy atom. The molecule has 30 heavy (non-hydrogen) atoms. The average Bonchev–Trinajstić information content (AvgIpc) is 3.39. The third kappa shape index (κ3) is 4.86. The summed E-state index contributed by atoms with van der Waals surface area (Å²) in [6.07, 6.45) is 5.23. The van der Waals surface area contributed by atoms with E-state index in [0.29, 0.717) is 12.5 Å². The highest BCUT2D eigenvalue weighted by atomic mass is 16.2. The van der Waals surface area contributed by atoms with Crippen LogP contribution in [-0.4, -0.2) is 40.4 Å². The fourth-order valence-electron chi connectivity index (χ4n) is 3.95. The van der Waals surface area contributed by atoms with Gasteiger partial charge in [0.15, 0.2) is 0 Å². The van der Waals surface area contributed by atoms with Crippen molar-refractivity contribution in [3.05, 3.63) is 66.1 Å². The van der Waals surface area contributed by atoms with E-state index in [1.54, 1.807) is 19.3 Å². The van der Waals surface area contributed by atoms with Crippen molar-refractivity contribution in [3.8, 4) is 0 Å². The molecule has 156 valence electrons.